The van der Waals surface area contributed by atoms with Gasteiger partial charge in [0.15, 0.2) is 5.96 Å². The third-order valence-electron chi connectivity index (χ3n) is 3.32. The molecule has 0 saturated heterocycles. The molecule has 0 radical (unpaired) electrons. The number of aromatic nitrogens is 1. The van der Waals surface area contributed by atoms with E-state index in [1.54, 1.807) is 7.05 Å². The van der Waals surface area contributed by atoms with Gasteiger partial charge in [-0.1, -0.05) is 33.6 Å². The zero-order valence-electron chi connectivity index (χ0n) is 13.4. The largest absolute Gasteiger partial charge is 0.356 e. The molecular formula is C17H21BrClIN4. The van der Waals surface area contributed by atoms with Gasteiger partial charge in [0, 0.05) is 47.9 Å². The molecule has 0 atom stereocenters. The van der Waals surface area contributed by atoms with Crippen LogP contribution in [-0.2, 0) is 12.8 Å². The molecule has 2 rings (SSSR count). The predicted molar refractivity (Wildman–Crippen MR) is 116 cm³/mol. The Labute approximate surface area is 173 Å². The zero-order chi connectivity index (χ0) is 16.5. The van der Waals surface area contributed by atoms with E-state index in [1.165, 1.54) is 5.56 Å². The first kappa shape index (κ1) is 21.2. The van der Waals surface area contributed by atoms with Crippen LogP contribution in [0.1, 0.15) is 11.3 Å². The lowest BCUT2D eigenvalue weighted by Crippen LogP contribution is -2.39. The van der Waals surface area contributed by atoms with Crippen LogP contribution >= 0.6 is 51.5 Å². The second-order valence-corrected chi connectivity index (χ2v) is 6.27. The Morgan fingerprint density at radius 1 is 1.17 bits per heavy atom. The van der Waals surface area contributed by atoms with E-state index in [0.29, 0.717) is 0 Å². The second-order valence-electron chi connectivity index (χ2n) is 4.98. The monoisotopic (exact) mass is 522 g/mol. The van der Waals surface area contributed by atoms with E-state index < -0.39 is 0 Å². The third-order valence-corrected chi connectivity index (χ3v) is 4.33. The topological polar surface area (TPSA) is 49.3 Å². The van der Waals surface area contributed by atoms with Crippen molar-refractivity contribution in [3.63, 3.8) is 0 Å². The van der Waals surface area contributed by atoms with Crippen LogP contribution in [0.5, 0.6) is 0 Å². The summed E-state index contributed by atoms with van der Waals surface area (Å²) in [7, 11) is 1.77. The number of pyridine rings is 1. The van der Waals surface area contributed by atoms with Gasteiger partial charge in [0.2, 0.25) is 0 Å². The van der Waals surface area contributed by atoms with Gasteiger partial charge in [-0.15, -0.1) is 24.0 Å². The van der Waals surface area contributed by atoms with Gasteiger partial charge in [0.1, 0.15) is 0 Å². The molecule has 0 saturated carbocycles. The molecule has 1 aromatic carbocycles. The Kier molecular flexibility index (Phi) is 10.3. The van der Waals surface area contributed by atoms with Crippen LogP contribution in [0.4, 0.5) is 0 Å². The fourth-order valence-corrected chi connectivity index (χ4v) is 2.77. The van der Waals surface area contributed by atoms with Crippen molar-refractivity contribution in [1.82, 2.24) is 15.6 Å². The van der Waals surface area contributed by atoms with E-state index in [0.717, 1.165) is 47.1 Å². The summed E-state index contributed by atoms with van der Waals surface area (Å²) in [4.78, 5) is 8.53. The fraction of sp³-hybridized carbons (Fsp3) is 0.294. The molecule has 24 heavy (non-hydrogen) atoms. The molecule has 0 aliphatic heterocycles. The molecule has 0 unspecified atom stereocenters. The number of hydrogen-bond acceptors (Lipinski definition) is 2. The number of nitrogens with one attached hydrogen (secondary N) is 2. The van der Waals surface area contributed by atoms with Crippen molar-refractivity contribution in [2.45, 2.75) is 12.8 Å². The maximum Gasteiger partial charge on any atom is 0.190 e. The molecule has 2 aromatic rings. The first-order valence-corrected chi connectivity index (χ1v) is 8.64. The van der Waals surface area contributed by atoms with E-state index in [9.17, 15) is 0 Å². The molecule has 0 fully saturated rings. The molecular weight excluding hydrogens is 502 g/mol. The number of guanidine groups is 1. The Balaban J connectivity index is 0.00000288. The Bertz CT molecular complexity index is 652. The molecule has 1 aromatic heterocycles. The predicted octanol–water partition coefficient (Wildman–Crippen LogP) is 4.07. The summed E-state index contributed by atoms with van der Waals surface area (Å²) in [6.45, 7) is 1.57. The Morgan fingerprint density at radius 3 is 2.58 bits per heavy atom. The van der Waals surface area contributed by atoms with Crippen LogP contribution in [0.15, 0.2) is 52.1 Å². The molecule has 1 heterocycles. The van der Waals surface area contributed by atoms with Gasteiger partial charge in [-0.25, -0.2) is 0 Å². The van der Waals surface area contributed by atoms with Gasteiger partial charge in [0.05, 0.1) is 0 Å². The lowest BCUT2D eigenvalue weighted by Gasteiger charge is -2.12. The zero-order valence-corrected chi connectivity index (χ0v) is 18.1. The molecule has 4 nitrogen and oxygen atoms in total. The number of aliphatic imine (C=N–C) groups is 1. The van der Waals surface area contributed by atoms with Crippen molar-refractivity contribution < 1.29 is 0 Å². The average molecular weight is 524 g/mol. The normalized spacial score (nSPS) is 10.9. The number of rotatable bonds is 6. The molecule has 0 amide bonds. The lowest BCUT2D eigenvalue weighted by molar-refractivity contribution is 0.775. The van der Waals surface area contributed by atoms with Gasteiger partial charge in [0.25, 0.3) is 0 Å². The third kappa shape index (κ3) is 7.36. The summed E-state index contributed by atoms with van der Waals surface area (Å²) in [5, 5.41) is 7.35. The molecule has 0 aliphatic rings. The van der Waals surface area contributed by atoms with Crippen molar-refractivity contribution in [1.29, 1.82) is 0 Å². The van der Waals surface area contributed by atoms with E-state index >= 15 is 0 Å². The summed E-state index contributed by atoms with van der Waals surface area (Å²) in [6.07, 6.45) is 3.54. The van der Waals surface area contributed by atoms with Crippen LogP contribution in [0.2, 0.25) is 5.02 Å². The van der Waals surface area contributed by atoms with Crippen molar-refractivity contribution in [3.8, 4) is 0 Å². The minimum Gasteiger partial charge on any atom is -0.356 e. The molecule has 2 N–H and O–H groups in total. The van der Waals surface area contributed by atoms with E-state index in [1.807, 2.05) is 42.6 Å². The lowest BCUT2D eigenvalue weighted by atomic mass is 10.1. The maximum atomic E-state index is 6.03. The van der Waals surface area contributed by atoms with Gasteiger partial charge in [-0.3, -0.25) is 9.98 Å². The minimum absolute atomic E-state index is 0. The van der Waals surface area contributed by atoms with Crippen molar-refractivity contribution >= 4 is 57.5 Å². The van der Waals surface area contributed by atoms with Crippen LogP contribution in [-0.4, -0.2) is 31.1 Å². The summed E-state index contributed by atoms with van der Waals surface area (Å²) < 4.78 is 1.07. The van der Waals surface area contributed by atoms with Gasteiger partial charge in [-0.05, 0) is 42.3 Å². The summed E-state index contributed by atoms with van der Waals surface area (Å²) in [5.74, 6) is 0.791. The summed E-state index contributed by atoms with van der Waals surface area (Å²) in [6, 6.07) is 11.8. The molecule has 0 bridgehead atoms. The first-order valence-electron chi connectivity index (χ1n) is 7.47. The van der Waals surface area contributed by atoms with Gasteiger partial charge >= 0.3 is 0 Å². The number of halogens is 3. The van der Waals surface area contributed by atoms with Crippen LogP contribution in [0, 0.1) is 0 Å². The van der Waals surface area contributed by atoms with Crippen molar-refractivity contribution in [3.05, 3.63) is 63.3 Å². The quantitative estimate of drug-likeness (QED) is 0.341. The highest BCUT2D eigenvalue weighted by Crippen LogP contribution is 2.21. The molecule has 0 aliphatic carbocycles. The maximum absolute atomic E-state index is 6.03. The van der Waals surface area contributed by atoms with Crippen LogP contribution in [0.3, 0.4) is 0 Å². The second kappa shape index (κ2) is 11.7. The smallest absolute Gasteiger partial charge is 0.190 e. The van der Waals surface area contributed by atoms with E-state index in [2.05, 4.69) is 36.5 Å². The SMILES string of the molecule is CN=C(NCCc1ccccn1)NCCc1cc(Cl)ccc1Br.I. The van der Waals surface area contributed by atoms with Crippen LogP contribution < -0.4 is 10.6 Å². The highest BCUT2D eigenvalue weighted by molar-refractivity contribution is 14.0. The highest BCUT2D eigenvalue weighted by atomic mass is 127. The van der Waals surface area contributed by atoms with Crippen LogP contribution in [0.25, 0.3) is 0 Å². The number of hydrogen-bond donors (Lipinski definition) is 2. The highest BCUT2D eigenvalue weighted by Gasteiger charge is 2.02. The minimum atomic E-state index is 0. The Hall–Kier alpha value is -0.860. The Morgan fingerprint density at radius 2 is 1.92 bits per heavy atom. The van der Waals surface area contributed by atoms with E-state index in [-0.39, 0.29) is 24.0 Å². The standard InChI is InChI=1S/C17H20BrClN4.HI/c1-20-17(23-11-8-15-4-2-3-9-21-15)22-10-7-13-12-14(19)5-6-16(13)18;/h2-6,9,12H,7-8,10-11H2,1H3,(H2,20,22,23);1H. The van der Waals surface area contributed by atoms with E-state index in [4.69, 9.17) is 11.6 Å². The molecule has 130 valence electrons. The fourth-order valence-electron chi connectivity index (χ4n) is 2.13. The first-order chi connectivity index (χ1) is 11.2. The van der Waals surface area contributed by atoms with Gasteiger partial charge < -0.3 is 10.6 Å². The molecule has 0 spiro atoms. The molecule has 7 heteroatoms. The van der Waals surface area contributed by atoms with Crippen molar-refractivity contribution in [2.75, 3.05) is 20.1 Å². The number of nitrogens with zero attached hydrogens (tertiary/aromatic N) is 2. The average Bonchev–Trinajstić information content (AvgIpc) is 2.57. The number of benzene rings is 1. The van der Waals surface area contributed by atoms with Gasteiger partial charge in [-0.2, -0.15) is 0 Å². The van der Waals surface area contributed by atoms with Crippen molar-refractivity contribution in [2.24, 2.45) is 4.99 Å². The summed E-state index contributed by atoms with van der Waals surface area (Å²) in [5.41, 5.74) is 2.24. The summed E-state index contributed by atoms with van der Waals surface area (Å²) >= 11 is 9.57.